The summed E-state index contributed by atoms with van der Waals surface area (Å²) in [7, 11) is 0. The number of benzene rings is 1. The zero-order chi connectivity index (χ0) is 14.0. The zero-order valence-corrected chi connectivity index (χ0v) is 12.4. The van der Waals surface area contributed by atoms with E-state index in [4.69, 9.17) is 23.2 Å². The number of non-ortho nitro benzene ring substituents is 1. The Morgan fingerprint density at radius 2 is 2.00 bits per heavy atom. The molecule has 0 fully saturated rings. The second kappa shape index (κ2) is 5.90. The van der Waals surface area contributed by atoms with Gasteiger partial charge >= 0.3 is 0 Å². The Bertz CT molecular complexity index is 595. The van der Waals surface area contributed by atoms with Gasteiger partial charge in [-0.3, -0.25) is 10.1 Å². The maximum atomic E-state index is 10.6. The van der Waals surface area contributed by atoms with Gasteiger partial charge in [-0.1, -0.05) is 23.7 Å². The van der Waals surface area contributed by atoms with E-state index in [0.717, 1.165) is 16.0 Å². The smallest absolute Gasteiger partial charge is 0.258 e. The molecule has 0 spiro atoms. The molecule has 3 nitrogen and oxygen atoms in total. The highest BCUT2D eigenvalue weighted by atomic mass is 35.5. The van der Waals surface area contributed by atoms with Gasteiger partial charge in [0.2, 0.25) is 0 Å². The fraction of sp³-hybridized carbons (Fsp3) is 0.231. The first-order valence-corrected chi connectivity index (χ1v) is 7.29. The lowest BCUT2D eigenvalue weighted by atomic mass is 10.1. The normalized spacial score (nSPS) is 12.4. The average molecular weight is 316 g/mol. The number of nitro groups is 1. The molecule has 6 heteroatoms. The van der Waals surface area contributed by atoms with E-state index in [1.165, 1.54) is 23.5 Å². The molecule has 19 heavy (non-hydrogen) atoms. The molecule has 1 heterocycles. The Hall–Kier alpha value is -1.10. The molecule has 0 bridgehead atoms. The highest BCUT2D eigenvalue weighted by Gasteiger charge is 2.16. The van der Waals surface area contributed by atoms with Crippen LogP contribution in [0.1, 0.15) is 21.4 Å². The third-order valence-corrected chi connectivity index (χ3v) is 5.10. The van der Waals surface area contributed by atoms with Crippen molar-refractivity contribution >= 4 is 40.2 Å². The standard InChI is InChI=1S/C13H11Cl2NO2S/c1-8-7-19-13(12(8)15)11(14)6-9-2-4-10(5-3-9)16(17)18/h2-5,7,11H,6H2,1H3. The van der Waals surface area contributed by atoms with E-state index in [2.05, 4.69) is 0 Å². The number of hydrogen-bond acceptors (Lipinski definition) is 3. The van der Waals surface area contributed by atoms with Gasteiger partial charge in [0, 0.05) is 17.0 Å². The summed E-state index contributed by atoms with van der Waals surface area (Å²) in [6, 6.07) is 6.42. The monoisotopic (exact) mass is 315 g/mol. The third-order valence-electron chi connectivity index (χ3n) is 2.77. The van der Waals surface area contributed by atoms with E-state index in [0.29, 0.717) is 11.4 Å². The number of rotatable bonds is 4. The van der Waals surface area contributed by atoms with Crippen LogP contribution in [0.3, 0.4) is 0 Å². The minimum atomic E-state index is -0.415. The quantitative estimate of drug-likeness (QED) is 0.445. The second-order valence-electron chi connectivity index (χ2n) is 4.19. The van der Waals surface area contributed by atoms with Crippen LogP contribution >= 0.6 is 34.5 Å². The number of aryl methyl sites for hydroxylation is 1. The highest BCUT2D eigenvalue weighted by Crippen LogP contribution is 2.37. The van der Waals surface area contributed by atoms with Crippen LogP contribution < -0.4 is 0 Å². The van der Waals surface area contributed by atoms with Gasteiger partial charge in [0.15, 0.2) is 0 Å². The van der Waals surface area contributed by atoms with Gasteiger partial charge in [-0.25, -0.2) is 0 Å². The van der Waals surface area contributed by atoms with Gasteiger partial charge in [0.25, 0.3) is 5.69 Å². The molecule has 1 aromatic carbocycles. The summed E-state index contributed by atoms with van der Waals surface area (Å²) in [6.45, 7) is 1.94. The summed E-state index contributed by atoms with van der Waals surface area (Å²) in [4.78, 5) is 11.1. The lowest BCUT2D eigenvalue weighted by Gasteiger charge is -2.08. The molecule has 100 valence electrons. The SMILES string of the molecule is Cc1csc(C(Cl)Cc2ccc([N+](=O)[O-])cc2)c1Cl. The predicted octanol–water partition coefficient (Wildman–Crippen LogP) is 5.14. The Labute approximate surface area is 124 Å². The van der Waals surface area contributed by atoms with Crippen molar-refractivity contribution in [2.75, 3.05) is 0 Å². The van der Waals surface area contributed by atoms with Crippen molar-refractivity contribution in [1.29, 1.82) is 0 Å². The Morgan fingerprint density at radius 1 is 1.37 bits per heavy atom. The van der Waals surface area contributed by atoms with E-state index in [9.17, 15) is 10.1 Å². The van der Waals surface area contributed by atoms with Gasteiger partial charge in [0.05, 0.1) is 15.3 Å². The molecule has 0 aliphatic carbocycles. The van der Waals surface area contributed by atoms with Crippen LogP contribution in [-0.4, -0.2) is 4.92 Å². The van der Waals surface area contributed by atoms with Crippen molar-refractivity contribution in [3.8, 4) is 0 Å². The summed E-state index contributed by atoms with van der Waals surface area (Å²) in [5.74, 6) is 0. The van der Waals surface area contributed by atoms with Crippen molar-refractivity contribution in [3.63, 3.8) is 0 Å². The van der Waals surface area contributed by atoms with Crippen molar-refractivity contribution in [3.05, 3.63) is 60.8 Å². The fourth-order valence-electron chi connectivity index (χ4n) is 1.71. The fourth-order valence-corrected chi connectivity index (χ4v) is 3.51. The molecule has 1 unspecified atom stereocenters. The summed E-state index contributed by atoms with van der Waals surface area (Å²) in [5.41, 5.74) is 2.06. The van der Waals surface area contributed by atoms with Crippen LogP contribution in [0.25, 0.3) is 0 Å². The topological polar surface area (TPSA) is 43.1 Å². The molecule has 0 aliphatic rings. The molecule has 0 N–H and O–H groups in total. The van der Waals surface area contributed by atoms with Crippen LogP contribution in [0.4, 0.5) is 5.69 Å². The molecule has 1 aromatic heterocycles. The van der Waals surface area contributed by atoms with Gasteiger partial charge in [0.1, 0.15) is 0 Å². The molecule has 2 rings (SSSR count). The number of halogens is 2. The van der Waals surface area contributed by atoms with E-state index in [-0.39, 0.29) is 11.1 Å². The van der Waals surface area contributed by atoms with Crippen LogP contribution in [0, 0.1) is 17.0 Å². The lowest BCUT2D eigenvalue weighted by Crippen LogP contribution is -1.95. The summed E-state index contributed by atoms with van der Waals surface area (Å²) in [5, 5.41) is 13.0. The summed E-state index contributed by atoms with van der Waals surface area (Å²) in [6.07, 6.45) is 0.596. The molecular weight excluding hydrogens is 305 g/mol. The number of nitro benzene ring substituents is 1. The van der Waals surface area contributed by atoms with Crippen LogP contribution in [-0.2, 0) is 6.42 Å². The first-order valence-electron chi connectivity index (χ1n) is 5.60. The van der Waals surface area contributed by atoms with E-state index >= 15 is 0 Å². The first-order chi connectivity index (χ1) is 8.99. The molecule has 0 amide bonds. The largest absolute Gasteiger partial charge is 0.269 e. The van der Waals surface area contributed by atoms with Gasteiger partial charge in [-0.05, 0) is 29.9 Å². The minimum Gasteiger partial charge on any atom is -0.258 e. The molecule has 2 aromatic rings. The Balaban J connectivity index is 2.12. The molecule has 0 aliphatic heterocycles. The summed E-state index contributed by atoms with van der Waals surface area (Å²) >= 11 is 14.1. The number of hydrogen-bond donors (Lipinski definition) is 0. The van der Waals surface area contributed by atoms with Gasteiger partial charge < -0.3 is 0 Å². The van der Waals surface area contributed by atoms with Crippen molar-refractivity contribution in [2.45, 2.75) is 18.7 Å². The van der Waals surface area contributed by atoms with Gasteiger partial charge in [-0.15, -0.1) is 22.9 Å². The number of thiophene rings is 1. The maximum Gasteiger partial charge on any atom is 0.269 e. The van der Waals surface area contributed by atoms with Gasteiger partial charge in [-0.2, -0.15) is 0 Å². The minimum absolute atomic E-state index is 0.0832. The van der Waals surface area contributed by atoms with Crippen molar-refractivity contribution in [1.82, 2.24) is 0 Å². The van der Waals surface area contributed by atoms with E-state index < -0.39 is 4.92 Å². The second-order valence-corrected chi connectivity index (χ2v) is 6.01. The molecule has 0 saturated carbocycles. The Kier molecular flexibility index (Phi) is 4.45. The average Bonchev–Trinajstić information content (AvgIpc) is 2.70. The molecule has 0 saturated heterocycles. The summed E-state index contributed by atoms with van der Waals surface area (Å²) < 4.78 is 0. The highest BCUT2D eigenvalue weighted by molar-refractivity contribution is 7.11. The van der Waals surface area contributed by atoms with E-state index in [1.54, 1.807) is 12.1 Å². The number of alkyl halides is 1. The molecule has 0 radical (unpaired) electrons. The first kappa shape index (κ1) is 14.3. The number of nitrogens with zero attached hydrogens (tertiary/aromatic N) is 1. The predicted molar refractivity (Wildman–Crippen MR) is 79.5 cm³/mol. The van der Waals surface area contributed by atoms with Crippen molar-refractivity contribution in [2.24, 2.45) is 0 Å². The van der Waals surface area contributed by atoms with Crippen LogP contribution in [0.5, 0.6) is 0 Å². The van der Waals surface area contributed by atoms with E-state index in [1.807, 2.05) is 12.3 Å². The maximum absolute atomic E-state index is 10.6. The Morgan fingerprint density at radius 3 is 2.47 bits per heavy atom. The lowest BCUT2D eigenvalue weighted by molar-refractivity contribution is -0.384. The van der Waals surface area contributed by atoms with Crippen LogP contribution in [0.15, 0.2) is 29.6 Å². The van der Waals surface area contributed by atoms with Crippen LogP contribution in [0.2, 0.25) is 5.02 Å². The third kappa shape index (κ3) is 3.26. The molecular formula is C13H11Cl2NO2S. The molecule has 1 atom stereocenters. The zero-order valence-electron chi connectivity index (χ0n) is 10.1. The van der Waals surface area contributed by atoms with Crippen molar-refractivity contribution < 1.29 is 4.92 Å².